The maximum Gasteiger partial charge on any atom is 0.140 e. The molecule has 0 aliphatic carbocycles. The summed E-state index contributed by atoms with van der Waals surface area (Å²) in [5.74, 6) is 0.712. The van der Waals surface area contributed by atoms with Gasteiger partial charge in [-0.1, -0.05) is 37.1 Å². The Hall–Kier alpha value is -1.36. The molecule has 0 radical (unpaired) electrons. The fraction of sp³-hybridized carbons (Fsp3) is 0.400. The number of halogens is 1. The minimum absolute atomic E-state index is 0.614. The molecule has 0 amide bonds. The van der Waals surface area contributed by atoms with Crippen LogP contribution in [0.15, 0.2) is 47.4 Å². The quantitative estimate of drug-likeness (QED) is 0.532. The van der Waals surface area contributed by atoms with E-state index < -0.39 is 0 Å². The van der Waals surface area contributed by atoms with Crippen molar-refractivity contribution in [3.8, 4) is 5.75 Å². The van der Waals surface area contributed by atoms with Crippen molar-refractivity contribution in [3.05, 3.63) is 53.1 Å². The number of likely N-dealkylation sites (N-methyl/N-ethyl adjacent to an activating group) is 1. The molecule has 1 N–H and O–H groups in total. The number of benzene rings is 2. The number of anilines is 1. The Morgan fingerprint density at radius 2 is 1.88 bits per heavy atom. The molecule has 0 aromatic heterocycles. The Morgan fingerprint density at radius 3 is 2.56 bits per heavy atom. The van der Waals surface area contributed by atoms with E-state index in [4.69, 9.17) is 16.3 Å². The lowest BCUT2D eigenvalue weighted by Crippen LogP contribution is -2.19. The normalized spacial score (nSPS) is 10.9. The van der Waals surface area contributed by atoms with Crippen molar-refractivity contribution >= 4 is 29.2 Å². The highest BCUT2D eigenvalue weighted by Crippen LogP contribution is 2.30. The summed E-state index contributed by atoms with van der Waals surface area (Å²) < 4.78 is 9.13. The van der Waals surface area contributed by atoms with Crippen molar-refractivity contribution in [1.29, 1.82) is 0 Å². The molecule has 2 aromatic rings. The molecule has 0 heterocycles. The minimum atomic E-state index is 0.614. The van der Waals surface area contributed by atoms with E-state index in [1.54, 1.807) is 11.9 Å². The number of hydrogen-bond donors (Lipinski definition) is 1. The maximum absolute atomic E-state index is 6.21. The van der Waals surface area contributed by atoms with Crippen LogP contribution < -0.4 is 9.46 Å². The standard InChI is InChI=1S/C20H27ClN2OS/c1-4-5-6-16-7-10-18(11-8-16)25-22-17-9-12-19(21)20(15-17)24-14-13-23(2)3/h7-12,15,22H,4-6,13-14H2,1-3H3. The van der Waals surface area contributed by atoms with Gasteiger partial charge >= 0.3 is 0 Å². The monoisotopic (exact) mass is 378 g/mol. The van der Waals surface area contributed by atoms with Crippen LogP contribution in [0.3, 0.4) is 0 Å². The van der Waals surface area contributed by atoms with E-state index in [2.05, 4.69) is 40.8 Å². The number of ether oxygens (including phenoxy) is 1. The molecule has 0 bridgehead atoms. The van der Waals surface area contributed by atoms with E-state index >= 15 is 0 Å². The van der Waals surface area contributed by atoms with Gasteiger partial charge in [0.25, 0.3) is 0 Å². The molecule has 5 heteroatoms. The Kier molecular flexibility index (Phi) is 8.45. The predicted molar refractivity (Wildman–Crippen MR) is 110 cm³/mol. The van der Waals surface area contributed by atoms with Gasteiger partial charge < -0.3 is 14.4 Å². The largest absolute Gasteiger partial charge is 0.491 e. The lowest BCUT2D eigenvalue weighted by Gasteiger charge is -2.13. The van der Waals surface area contributed by atoms with Crippen molar-refractivity contribution in [1.82, 2.24) is 4.90 Å². The summed E-state index contributed by atoms with van der Waals surface area (Å²) in [5.41, 5.74) is 2.37. The van der Waals surface area contributed by atoms with Gasteiger partial charge in [-0.15, -0.1) is 0 Å². The molecule has 0 spiro atoms. The van der Waals surface area contributed by atoms with Gasteiger partial charge in [0.05, 0.1) is 5.02 Å². The zero-order valence-corrected chi connectivity index (χ0v) is 16.8. The molecule has 0 saturated carbocycles. The van der Waals surface area contributed by atoms with Crippen molar-refractivity contribution in [2.75, 3.05) is 32.0 Å². The summed E-state index contributed by atoms with van der Waals surface area (Å²) in [7, 11) is 4.04. The first-order valence-corrected chi connectivity index (χ1v) is 9.87. The molecule has 2 rings (SSSR count). The van der Waals surface area contributed by atoms with Gasteiger partial charge in [0.15, 0.2) is 0 Å². The van der Waals surface area contributed by atoms with E-state index in [1.807, 2.05) is 32.3 Å². The number of nitrogens with one attached hydrogen (secondary N) is 1. The van der Waals surface area contributed by atoms with E-state index in [-0.39, 0.29) is 0 Å². The highest BCUT2D eigenvalue weighted by Gasteiger charge is 2.05. The van der Waals surface area contributed by atoms with Crippen LogP contribution in [0, 0.1) is 0 Å². The molecule has 0 aliphatic heterocycles. The van der Waals surface area contributed by atoms with E-state index in [9.17, 15) is 0 Å². The van der Waals surface area contributed by atoms with Gasteiger partial charge in [-0.3, -0.25) is 0 Å². The van der Waals surface area contributed by atoms with Gasteiger partial charge in [-0.25, -0.2) is 0 Å². The highest BCUT2D eigenvalue weighted by molar-refractivity contribution is 8.00. The Balaban J connectivity index is 1.89. The van der Waals surface area contributed by atoms with Crippen molar-refractivity contribution in [3.63, 3.8) is 0 Å². The second kappa shape index (κ2) is 10.6. The van der Waals surface area contributed by atoms with Crippen LogP contribution in [0.1, 0.15) is 25.3 Å². The number of rotatable bonds is 10. The summed E-state index contributed by atoms with van der Waals surface area (Å²) in [4.78, 5) is 3.26. The smallest absolute Gasteiger partial charge is 0.140 e. The predicted octanol–water partition coefficient (Wildman–Crippen LogP) is 5.74. The lowest BCUT2D eigenvalue weighted by molar-refractivity contribution is 0.261. The van der Waals surface area contributed by atoms with Crippen LogP contribution in [-0.4, -0.2) is 32.1 Å². The summed E-state index contributed by atoms with van der Waals surface area (Å²) in [6, 6.07) is 14.5. The topological polar surface area (TPSA) is 24.5 Å². The number of unbranched alkanes of at least 4 members (excludes halogenated alkanes) is 1. The van der Waals surface area contributed by atoms with E-state index in [1.165, 1.54) is 23.3 Å². The Labute approximate surface area is 160 Å². The van der Waals surface area contributed by atoms with Gasteiger partial charge in [-0.2, -0.15) is 0 Å². The lowest BCUT2D eigenvalue weighted by atomic mass is 10.1. The fourth-order valence-corrected chi connectivity index (χ4v) is 3.05. The first-order chi connectivity index (χ1) is 12.1. The molecular weight excluding hydrogens is 352 g/mol. The zero-order chi connectivity index (χ0) is 18.1. The summed E-state index contributed by atoms with van der Waals surface area (Å²) in [6.45, 7) is 3.69. The van der Waals surface area contributed by atoms with Crippen molar-refractivity contribution in [2.45, 2.75) is 31.1 Å². The van der Waals surface area contributed by atoms with Crippen LogP contribution in [0.5, 0.6) is 5.75 Å². The summed E-state index contributed by atoms with van der Waals surface area (Å²) in [5, 5.41) is 0.634. The second-order valence-corrected chi connectivity index (χ2v) is 7.54. The number of hydrogen-bond acceptors (Lipinski definition) is 4. The van der Waals surface area contributed by atoms with Gasteiger partial charge in [0.2, 0.25) is 0 Å². The Morgan fingerprint density at radius 1 is 1.12 bits per heavy atom. The van der Waals surface area contributed by atoms with Gasteiger partial charge in [0.1, 0.15) is 12.4 Å². The van der Waals surface area contributed by atoms with Gasteiger partial charge in [0, 0.05) is 23.2 Å². The van der Waals surface area contributed by atoms with E-state index in [0.717, 1.165) is 18.7 Å². The molecule has 0 aliphatic rings. The van der Waals surface area contributed by atoms with Gasteiger partial charge in [-0.05, 0) is 68.7 Å². The fourth-order valence-electron chi connectivity index (χ4n) is 2.24. The van der Waals surface area contributed by atoms with Crippen LogP contribution in [0.4, 0.5) is 5.69 Å². The molecule has 0 fully saturated rings. The average molecular weight is 379 g/mol. The molecule has 136 valence electrons. The zero-order valence-electron chi connectivity index (χ0n) is 15.2. The number of nitrogens with zero attached hydrogens (tertiary/aromatic N) is 1. The minimum Gasteiger partial charge on any atom is -0.491 e. The maximum atomic E-state index is 6.21. The van der Waals surface area contributed by atoms with Crippen LogP contribution in [0.25, 0.3) is 0 Å². The summed E-state index contributed by atoms with van der Waals surface area (Å²) >= 11 is 7.81. The number of aryl methyl sites for hydroxylation is 1. The molecular formula is C20H27ClN2OS. The average Bonchev–Trinajstić information content (AvgIpc) is 2.61. The molecule has 2 aromatic carbocycles. The molecule has 0 unspecified atom stereocenters. The first-order valence-electron chi connectivity index (χ1n) is 8.67. The molecule has 0 saturated heterocycles. The highest BCUT2D eigenvalue weighted by atomic mass is 35.5. The molecule has 3 nitrogen and oxygen atoms in total. The van der Waals surface area contributed by atoms with Crippen LogP contribution >= 0.6 is 23.5 Å². The first kappa shape index (κ1) is 20.0. The molecule has 25 heavy (non-hydrogen) atoms. The van der Waals surface area contributed by atoms with Crippen LogP contribution in [0.2, 0.25) is 5.02 Å². The Bertz CT molecular complexity index is 647. The van der Waals surface area contributed by atoms with Crippen molar-refractivity contribution < 1.29 is 4.74 Å². The third-order valence-electron chi connectivity index (χ3n) is 3.76. The summed E-state index contributed by atoms with van der Waals surface area (Å²) in [6.07, 6.45) is 3.62. The van der Waals surface area contributed by atoms with Crippen molar-refractivity contribution in [2.24, 2.45) is 0 Å². The second-order valence-electron chi connectivity index (χ2n) is 6.25. The molecule has 0 atom stereocenters. The third kappa shape index (κ3) is 7.18. The van der Waals surface area contributed by atoms with Crippen LogP contribution in [-0.2, 0) is 6.42 Å². The van der Waals surface area contributed by atoms with E-state index in [0.29, 0.717) is 17.4 Å². The SMILES string of the molecule is CCCCc1ccc(SNc2ccc(Cl)c(OCCN(C)C)c2)cc1. The third-order valence-corrected chi connectivity index (χ3v) is 4.91.